The molecule has 0 fully saturated rings. The van der Waals surface area contributed by atoms with E-state index in [2.05, 4.69) is 0 Å². The molecule has 2 aliphatic carbocycles. The summed E-state index contributed by atoms with van der Waals surface area (Å²) in [4.78, 5) is 0. The number of furan rings is 1. The lowest BCUT2D eigenvalue weighted by Crippen LogP contribution is -2.19. The average Bonchev–Trinajstić information content (AvgIpc) is 3.81. The fourth-order valence-corrected chi connectivity index (χ4v) is 6.11. The lowest BCUT2D eigenvalue weighted by atomic mass is 9.70. The van der Waals surface area contributed by atoms with Crippen LogP contribution in [0.4, 0.5) is 0 Å². The molecule has 7 aromatic carbocycles. The summed E-state index contributed by atoms with van der Waals surface area (Å²) in [5.41, 5.74) is -5.41. The summed E-state index contributed by atoms with van der Waals surface area (Å²) in [5, 5.41) is -4.88. The molecule has 0 saturated carbocycles. The van der Waals surface area contributed by atoms with Gasteiger partial charge >= 0.3 is 0 Å². The molecule has 1 nitrogen and oxygen atoms in total. The molecule has 0 N–H and O–H groups in total. The molecular formula is C46H30O. The molecule has 47 heavy (non-hydrogen) atoms. The Balaban J connectivity index is 1.49. The van der Waals surface area contributed by atoms with E-state index >= 15 is 0 Å². The van der Waals surface area contributed by atoms with Gasteiger partial charge < -0.3 is 4.42 Å². The van der Waals surface area contributed by atoms with Crippen molar-refractivity contribution in [3.8, 4) is 11.1 Å². The third kappa shape index (κ3) is 4.03. The van der Waals surface area contributed by atoms with Crippen LogP contribution in [0.2, 0.25) is 0 Å². The number of benzene rings is 7. The van der Waals surface area contributed by atoms with Crippen LogP contribution in [0.5, 0.6) is 0 Å². The second kappa shape index (κ2) is 10.3. The van der Waals surface area contributed by atoms with E-state index in [9.17, 15) is 16.4 Å². The molecule has 0 spiro atoms. The standard InChI is InChI=1S/C46H30O/c1-2-12-29(13-3-1)33-23-24-40(35-17-7-6-16-34(33)35)46-38-20-10-8-18-36(38)45(37-19-9-11-21-39(37)46)32-22-25-43-41(27-32)42-26-30-14-4-5-15-31(30)28-44(42)47-43/h1-28,34-35H/i1D,2D,3D,4D,5D,6D,7D,8D,9D,10D,11D,12D,13D,14D,15D,16D,17D,18D,19D,20D,21D,22D,23D,24D,25D,26D,27D,28D. The van der Waals surface area contributed by atoms with E-state index in [1.165, 1.54) is 0 Å². The van der Waals surface area contributed by atoms with Gasteiger partial charge in [-0.1, -0.05) is 145 Å². The van der Waals surface area contributed by atoms with Crippen molar-refractivity contribution >= 4 is 65.4 Å². The van der Waals surface area contributed by atoms with Gasteiger partial charge in [0.05, 0.1) is 38.4 Å². The first-order valence-electron chi connectivity index (χ1n) is 28.1. The van der Waals surface area contributed by atoms with Crippen LogP contribution in [-0.2, 0) is 0 Å². The summed E-state index contributed by atoms with van der Waals surface area (Å²) >= 11 is 0. The van der Waals surface area contributed by atoms with Gasteiger partial charge in [0.1, 0.15) is 11.2 Å². The van der Waals surface area contributed by atoms with Crippen LogP contribution in [0.3, 0.4) is 0 Å². The zero-order valence-corrected chi connectivity index (χ0v) is 23.6. The van der Waals surface area contributed by atoms with E-state index in [-0.39, 0.29) is 0 Å². The predicted octanol–water partition coefficient (Wildman–Crippen LogP) is 12.6. The maximum atomic E-state index is 9.87. The molecule has 1 heterocycles. The Morgan fingerprint density at radius 2 is 0.979 bits per heavy atom. The van der Waals surface area contributed by atoms with Crippen molar-refractivity contribution in [2.75, 3.05) is 0 Å². The van der Waals surface area contributed by atoms with Gasteiger partial charge in [-0.3, -0.25) is 0 Å². The number of hydrogen-bond donors (Lipinski definition) is 0. The number of hydrogen-bond acceptors (Lipinski definition) is 1. The third-order valence-electron chi connectivity index (χ3n) is 8.10. The van der Waals surface area contributed by atoms with Crippen LogP contribution in [0.15, 0.2) is 174 Å². The largest absolute Gasteiger partial charge is 0.456 e. The molecule has 0 radical (unpaired) electrons. The summed E-state index contributed by atoms with van der Waals surface area (Å²) in [6.07, 6.45) is 0. The van der Waals surface area contributed by atoms with Gasteiger partial charge in [0.25, 0.3) is 0 Å². The topological polar surface area (TPSA) is 13.1 Å². The van der Waals surface area contributed by atoms with E-state index in [1.54, 1.807) is 0 Å². The number of allylic oxidation sites excluding steroid dienone is 8. The first-order chi connectivity index (χ1) is 35.0. The Morgan fingerprint density at radius 3 is 1.68 bits per heavy atom. The van der Waals surface area contributed by atoms with Crippen LogP contribution in [0, 0.1) is 11.8 Å². The summed E-state index contributed by atoms with van der Waals surface area (Å²) in [7, 11) is 0. The van der Waals surface area contributed by atoms with Gasteiger partial charge in [0.2, 0.25) is 0 Å². The van der Waals surface area contributed by atoms with E-state index in [0.717, 1.165) is 0 Å². The third-order valence-corrected chi connectivity index (χ3v) is 8.10. The van der Waals surface area contributed by atoms with E-state index in [1.807, 2.05) is 0 Å². The van der Waals surface area contributed by atoms with Gasteiger partial charge in [-0.25, -0.2) is 0 Å². The molecule has 2 aliphatic rings. The molecule has 1 heteroatoms. The van der Waals surface area contributed by atoms with E-state index < -0.39 is 269 Å². The van der Waals surface area contributed by atoms with Crippen LogP contribution in [-0.4, -0.2) is 0 Å². The second-order valence-electron chi connectivity index (χ2n) is 10.6. The fourth-order valence-electron chi connectivity index (χ4n) is 6.11. The van der Waals surface area contributed by atoms with Gasteiger partial charge in [-0.15, -0.1) is 0 Å². The van der Waals surface area contributed by atoms with Crippen LogP contribution in [0.25, 0.3) is 76.5 Å². The van der Waals surface area contributed by atoms with Gasteiger partial charge in [0, 0.05) is 22.6 Å². The first-order valence-corrected chi connectivity index (χ1v) is 14.1. The molecule has 8 aromatic rings. The zero-order chi connectivity index (χ0) is 55.3. The lowest BCUT2D eigenvalue weighted by Gasteiger charge is -2.33. The molecule has 0 bridgehead atoms. The smallest absolute Gasteiger partial charge is 0.136 e. The monoisotopic (exact) mass is 626 g/mol. The van der Waals surface area contributed by atoms with Crippen LogP contribution in [0.1, 0.15) is 49.5 Å². The highest BCUT2D eigenvalue weighted by atomic mass is 16.3. The van der Waals surface area contributed by atoms with Crippen molar-refractivity contribution < 1.29 is 42.8 Å². The van der Waals surface area contributed by atoms with E-state index in [4.69, 9.17) is 26.3 Å². The highest BCUT2D eigenvalue weighted by Crippen LogP contribution is 2.49. The lowest BCUT2D eigenvalue weighted by molar-refractivity contribution is 0.669. The van der Waals surface area contributed by atoms with Crippen molar-refractivity contribution in [3.63, 3.8) is 0 Å². The molecule has 0 amide bonds. The Kier molecular flexibility index (Phi) is 2.37. The number of fused-ring (bicyclic) bond motifs is 7. The molecule has 220 valence electrons. The maximum absolute atomic E-state index is 9.87. The van der Waals surface area contributed by atoms with Crippen molar-refractivity contribution in [2.45, 2.75) is 0 Å². The molecule has 2 atom stereocenters. The number of rotatable bonds is 3. The Labute approximate surface area is 312 Å². The Bertz CT molecular complexity index is 4160. The summed E-state index contributed by atoms with van der Waals surface area (Å²) in [6.45, 7) is 0. The van der Waals surface area contributed by atoms with Crippen molar-refractivity contribution in [2.24, 2.45) is 11.8 Å². The van der Waals surface area contributed by atoms with Gasteiger partial charge in [-0.05, 0) is 89.9 Å². The molecular weight excluding hydrogens is 569 g/mol. The molecule has 0 aliphatic heterocycles. The molecule has 2 unspecified atom stereocenters. The van der Waals surface area contributed by atoms with Crippen molar-refractivity contribution in [1.29, 1.82) is 0 Å². The van der Waals surface area contributed by atoms with Crippen LogP contribution >= 0.6 is 0 Å². The minimum Gasteiger partial charge on any atom is -0.456 e. The normalized spacial score (nSPS) is 27.1. The SMILES string of the molecule is [2H]C1=C([2H])C2C(c3c([2H])c([2H])c([2H])c([2H])c3[2H])=C([2H])C([2H])=C(c3c4c([2H])c([2H])c([2H])c([2H])c4c(-c4c([2H])c([2H])c5oc6c([2H])c7c([2H])c([2H])c([2H])c([2H])c7c([2H])c6c5c4[2H])c4c([2H])c([2H])c([2H])c([2H])c34)C2C([2H])=C1[2H]. The highest BCUT2D eigenvalue weighted by Gasteiger charge is 2.31. The highest BCUT2D eigenvalue weighted by molar-refractivity contribution is 6.20. The summed E-state index contributed by atoms with van der Waals surface area (Å²) in [5.74, 6) is -3.97. The zero-order valence-electron chi connectivity index (χ0n) is 51.6. The van der Waals surface area contributed by atoms with Crippen molar-refractivity contribution in [3.05, 3.63) is 180 Å². The minimum absolute atomic E-state index is 0.450. The molecule has 1 aromatic heterocycles. The predicted molar refractivity (Wildman–Crippen MR) is 199 cm³/mol. The summed E-state index contributed by atoms with van der Waals surface area (Å²) in [6, 6.07) is -25.3. The minimum atomic E-state index is -2.01. The van der Waals surface area contributed by atoms with Crippen molar-refractivity contribution in [1.82, 2.24) is 0 Å². The van der Waals surface area contributed by atoms with Gasteiger partial charge in [-0.2, -0.15) is 0 Å². The maximum Gasteiger partial charge on any atom is 0.136 e. The Hall–Kier alpha value is -5.92. The summed E-state index contributed by atoms with van der Waals surface area (Å²) < 4.78 is 259. The molecule has 10 rings (SSSR count). The Morgan fingerprint density at radius 1 is 0.426 bits per heavy atom. The van der Waals surface area contributed by atoms with E-state index in [0.29, 0.717) is 0 Å². The first kappa shape index (κ1) is 10.8. The fraction of sp³-hybridized carbons (Fsp3) is 0.0435. The average molecular weight is 627 g/mol. The quantitative estimate of drug-likeness (QED) is 0.178. The van der Waals surface area contributed by atoms with Crippen LogP contribution < -0.4 is 0 Å². The molecule has 0 saturated heterocycles. The van der Waals surface area contributed by atoms with Gasteiger partial charge in [0.15, 0.2) is 0 Å². The second-order valence-corrected chi connectivity index (χ2v) is 10.6.